The van der Waals surface area contributed by atoms with Crippen molar-refractivity contribution < 1.29 is 4.79 Å². The van der Waals surface area contributed by atoms with E-state index in [1.807, 2.05) is 6.08 Å². The van der Waals surface area contributed by atoms with Crippen molar-refractivity contribution in [2.75, 3.05) is 13.1 Å². The molecule has 1 aromatic rings. The Morgan fingerprint density at radius 1 is 1.20 bits per heavy atom. The number of aliphatic imine (C=N–C) groups is 1. The number of isocyanates is 1. The first-order chi connectivity index (χ1) is 9.75. The number of nitrogens with zero attached hydrogens (tertiary/aromatic N) is 2. The van der Waals surface area contributed by atoms with Crippen LogP contribution in [0, 0.1) is 0 Å². The van der Waals surface area contributed by atoms with E-state index in [0.29, 0.717) is 0 Å². The first-order valence-corrected chi connectivity index (χ1v) is 7.65. The summed E-state index contributed by atoms with van der Waals surface area (Å²) >= 11 is 0. The minimum absolute atomic E-state index is 0.314. The van der Waals surface area contributed by atoms with Crippen LogP contribution in [0.5, 0.6) is 0 Å². The summed E-state index contributed by atoms with van der Waals surface area (Å²) in [7, 11) is 0. The highest BCUT2D eigenvalue weighted by atomic mass is 16.1. The molecule has 2 rings (SSSR count). The Labute approximate surface area is 121 Å². The lowest BCUT2D eigenvalue weighted by atomic mass is 9.85. The molecule has 0 atom stereocenters. The van der Waals surface area contributed by atoms with Crippen LogP contribution in [0.25, 0.3) is 0 Å². The van der Waals surface area contributed by atoms with E-state index in [9.17, 15) is 4.79 Å². The van der Waals surface area contributed by atoms with Gasteiger partial charge in [0.05, 0.1) is 5.54 Å². The highest BCUT2D eigenvalue weighted by molar-refractivity contribution is 5.41. The van der Waals surface area contributed by atoms with E-state index in [0.717, 1.165) is 45.3 Å². The summed E-state index contributed by atoms with van der Waals surface area (Å²) in [6.45, 7) is 7.37. The van der Waals surface area contributed by atoms with Crippen LogP contribution in [0.15, 0.2) is 29.3 Å². The molecule has 0 N–H and O–H groups in total. The van der Waals surface area contributed by atoms with Crippen molar-refractivity contribution in [3.8, 4) is 0 Å². The van der Waals surface area contributed by atoms with E-state index in [4.69, 9.17) is 0 Å². The van der Waals surface area contributed by atoms with E-state index >= 15 is 0 Å². The van der Waals surface area contributed by atoms with Gasteiger partial charge in [-0.1, -0.05) is 51.0 Å². The molecule has 20 heavy (non-hydrogen) atoms. The predicted molar refractivity (Wildman–Crippen MR) is 81.3 cm³/mol. The fourth-order valence-corrected chi connectivity index (χ4v) is 3.29. The van der Waals surface area contributed by atoms with Crippen LogP contribution in [0.1, 0.15) is 50.7 Å². The van der Waals surface area contributed by atoms with Crippen molar-refractivity contribution in [3.05, 3.63) is 35.4 Å². The third kappa shape index (κ3) is 3.00. The number of hydrogen-bond acceptors (Lipinski definition) is 3. The summed E-state index contributed by atoms with van der Waals surface area (Å²) in [6, 6.07) is 8.45. The standard InChI is InChI=1S/C17H24N2O/c1-3-19(4-2)13-15-9-5-6-10-16(15)17(18-14-20)11-7-8-12-17/h5-6,9-10H,3-4,7-8,11-13H2,1-2H3. The minimum atomic E-state index is -0.314. The van der Waals surface area contributed by atoms with Crippen LogP contribution in [0.4, 0.5) is 0 Å². The second-order valence-corrected chi connectivity index (χ2v) is 5.56. The van der Waals surface area contributed by atoms with E-state index in [-0.39, 0.29) is 5.54 Å². The van der Waals surface area contributed by atoms with Crippen molar-refractivity contribution in [3.63, 3.8) is 0 Å². The van der Waals surface area contributed by atoms with Crippen molar-refractivity contribution in [2.45, 2.75) is 51.6 Å². The first-order valence-electron chi connectivity index (χ1n) is 7.65. The van der Waals surface area contributed by atoms with Gasteiger partial charge in [-0.25, -0.2) is 4.79 Å². The van der Waals surface area contributed by atoms with Gasteiger partial charge in [0, 0.05) is 6.54 Å². The average Bonchev–Trinajstić information content (AvgIpc) is 2.95. The molecule has 0 bridgehead atoms. The molecule has 1 aromatic carbocycles. The van der Waals surface area contributed by atoms with Crippen molar-refractivity contribution in [2.24, 2.45) is 4.99 Å². The van der Waals surface area contributed by atoms with Crippen molar-refractivity contribution in [1.29, 1.82) is 0 Å². The van der Waals surface area contributed by atoms with Gasteiger partial charge in [-0.2, -0.15) is 4.99 Å². The lowest BCUT2D eigenvalue weighted by Crippen LogP contribution is -2.26. The Kier molecular flexibility index (Phi) is 5.11. The third-order valence-electron chi connectivity index (χ3n) is 4.50. The van der Waals surface area contributed by atoms with Crippen LogP contribution in [0.2, 0.25) is 0 Å². The van der Waals surface area contributed by atoms with Crippen LogP contribution in [0.3, 0.4) is 0 Å². The molecule has 1 aliphatic rings. The monoisotopic (exact) mass is 272 g/mol. The zero-order valence-electron chi connectivity index (χ0n) is 12.6. The molecule has 3 heteroatoms. The van der Waals surface area contributed by atoms with Crippen LogP contribution in [-0.2, 0) is 16.9 Å². The van der Waals surface area contributed by atoms with Gasteiger partial charge in [-0.05, 0) is 37.1 Å². The van der Waals surface area contributed by atoms with E-state index in [1.165, 1.54) is 11.1 Å². The Morgan fingerprint density at radius 3 is 2.45 bits per heavy atom. The van der Waals surface area contributed by atoms with Gasteiger partial charge in [0.25, 0.3) is 0 Å². The molecule has 0 amide bonds. The Hall–Kier alpha value is -1.44. The fourth-order valence-electron chi connectivity index (χ4n) is 3.29. The highest BCUT2D eigenvalue weighted by Crippen LogP contribution is 2.43. The van der Waals surface area contributed by atoms with Gasteiger partial charge in [-0.15, -0.1) is 0 Å². The molecule has 0 radical (unpaired) electrons. The second kappa shape index (κ2) is 6.83. The average molecular weight is 272 g/mol. The van der Waals surface area contributed by atoms with E-state index < -0.39 is 0 Å². The summed E-state index contributed by atoms with van der Waals surface area (Å²) in [4.78, 5) is 17.5. The molecule has 0 aliphatic heterocycles. The SMILES string of the molecule is CCN(CC)Cc1ccccc1C1(N=C=O)CCCC1. The largest absolute Gasteiger partial charge is 0.300 e. The second-order valence-electron chi connectivity index (χ2n) is 5.56. The van der Waals surface area contributed by atoms with Gasteiger partial charge in [-0.3, -0.25) is 4.90 Å². The predicted octanol–water partition coefficient (Wildman–Crippen LogP) is 3.63. The topological polar surface area (TPSA) is 32.7 Å². The molecule has 0 aromatic heterocycles. The molecule has 1 aliphatic carbocycles. The number of benzene rings is 1. The quantitative estimate of drug-likeness (QED) is 0.585. The third-order valence-corrected chi connectivity index (χ3v) is 4.50. The summed E-state index contributed by atoms with van der Waals surface area (Å²) < 4.78 is 0. The highest BCUT2D eigenvalue weighted by Gasteiger charge is 2.37. The van der Waals surface area contributed by atoms with Crippen molar-refractivity contribution >= 4 is 6.08 Å². The van der Waals surface area contributed by atoms with Crippen LogP contribution < -0.4 is 0 Å². The molecule has 1 saturated carbocycles. The fraction of sp³-hybridized carbons (Fsp3) is 0.588. The lowest BCUT2D eigenvalue weighted by molar-refractivity contribution is 0.292. The Bertz CT molecular complexity index is 482. The molecule has 0 spiro atoms. The maximum atomic E-state index is 10.9. The summed E-state index contributed by atoms with van der Waals surface area (Å²) in [5.74, 6) is 0. The van der Waals surface area contributed by atoms with Crippen LogP contribution >= 0.6 is 0 Å². The van der Waals surface area contributed by atoms with E-state index in [1.54, 1.807) is 0 Å². The molecular formula is C17H24N2O. The minimum Gasteiger partial charge on any atom is -0.300 e. The molecule has 0 heterocycles. The molecule has 0 unspecified atom stereocenters. The van der Waals surface area contributed by atoms with Crippen LogP contribution in [-0.4, -0.2) is 24.1 Å². The molecule has 3 nitrogen and oxygen atoms in total. The summed E-state index contributed by atoms with van der Waals surface area (Å²) in [5, 5.41) is 0. The molecule has 1 fully saturated rings. The van der Waals surface area contributed by atoms with Gasteiger partial charge >= 0.3 is 0 Å². The molecule has 0 saturated heterocycles. The molecular weight excluding hydrogens is 248 g/mol. The van der Waals surface area contributed by atoms with Gasteiger partial charge in [0.2, 0.25) is 6.08 Å². The van der Waals surface area contributed by atoms with E-state index in [2.05, 4.69) is 48.0 Å². The zero-order valence-corrected chi connectivity index (χ0v) is 12.6. The smallest absolute Gasteiger partial charge is 0.235 e. The maximum absolute atomic E-state index is 10.9. The number of rotatable bonds is 6. The maximum Gasteiger partial charge on any atom is 0.235 e. The summed E-state index contributed by atoms with van der Waals surface area (Å²) in [6.07, 6.45) is 6.05. The lowest BCUT2D eigenvalue weighted by Gasteiger charge is -2.28. The van der Waals surface area contributed by atoms with Crippen molar-refractivity contribution in [1.82, 2.24) is 4.90 Å². The van der Waals surface area contributed by atoms with Gasteiger partial charge in [0.1, 0.15) is 0 Å². The van der Waals surface area contributed by atoms with Gasteiger partial charge in [0.15, 0.2) is 0 Å². The first kappa shape index (κ1) is 15.0. The Balaban J connectivity index is 2.38. The number of hydrogen-bond donors (Lipinski definition) is 0. The zero-order chi connectivity index (χ0) is 14.4. The number of carbonyl (C=O) groups excluding carboxylic acids is 1. The normalized spacial score (nSPS) is 17.1. The summed E-state index contributed by atoms with van der Waals surface area (Å²) in [5.41, 5.74) is 2.22. The molecule has 108 valence electrons. The Morgan fingerprint density at radius 2 is 1.85 bits per heavy atom. The van der Waals surface area contributed by atoms with Gasteiger partial charge < -0.3 is 0 Å².